The number of amides is 2. The summed E-state index contributed by atoms with van der Waals surface area (Å²) in [4.78, 5) is 45.3. The molecule has 0 N–H and O–H groups in total. The molecule has 1 aliphatic heterocycles. The number of rotatable bonds is 4. The Morgan fingerprint density at radius 2 is 1.74 bits per heavy atom. The van der Waals surface area contributed by atoms with E-state index in [0.717, 1.165) is 7.11 Å². The van der Waals surface area contributed by atoms with Crippen LogP contribution >= 0.6 is 46.4 Å². The molecule has 1 aliphatic rings. The predicted molar refractivity (Wildman–Crippen MR) is 79.2 cm³/mol. The molecule has 0 aromatic heterocycles. The van der Waals surface area contributed by atoms with E-state index in [1.54, 1.807) is 0 Å². The summed E-state index contributed by atoms with van der Waals surface area (Å²) >= 11 is 22.2. The lowest BCUT2D eigenvalue weighted by molar-refractivity contribution is -0.175. The summed E-state index contributed by atoms with van der Waals surface area (Å²) in [6, 6.07) is 0. The molecule has 2 amide bonds. The molecule has 4 atom stereocenters. The van der Waals surface area contributed by atoms with Crippen molar-refractivity contribution in [1.82, 2.24) is 4.90 Å². The fourth-order valence-corrected chi connectivity index (χ4v) is 2.37. The number of methoxy groups -OCH3 is 1. The van der Waals surface area contributed by atoms with Crippen molar-refractivity contribution in [3.63, 3.8) is 0 Å². The largest absolute Gasteiger partial charge is 0.510 e. The van der Waals surface area contributed by atoms with Crippen LogP contribution in [-0.4, -0.2) is 58.0 Å². The van der Waals surface area contributed by atoms with Gasteiger partial charge in [0.1, 0.15) is 17.5 Å². The molecule has 0 aliphatic carbocycles. The second-order valence-corrected chi connectivity index (χ2v) is 6.32. The molecule has 130 valence electrons. The first-order chi connectivity index (χ1) is 10.6. The van der Waals surface area contributed by atoms with Crippen molar-refractivity contribution in [3.05, 3.63) is 0 Å². The van der Waals surface area contributed by atoms with Crippen LogP contribution in [0.3, 0.4) is 0 Å². The maximum atomic E-state index is 11.9. The van der Waals surface area contributed by atoms with Gasteiger partial charge < -0.3 is 14.2 Å². The highest BCUT2D eigenvalue weighted by atomic mass is 35.5. The third kappa shape index (κ3) is 4.53. The average molecular weight is 411 g/mol. The van der Waals surface area contributed by atoms with Crippen LogP contribution in [0, 0.1) is 5.92 Å². The topological polar surface area (TPSA) is 99.2 Å². The van der Waals surface area contributed by atoms with E-state index in [0.29, 0.717) is 4.90 Å². The van der Waals surface area contributed by atoms with Crippen molar-refractivity contribution < 1.29 is 33.4 Å². The monoisotopic (exact) mass is 409 g/mol. The number of hydrogen-bond acceptors (Lipinski definition) is 7. The number of esters is 1. The zero-order valence-electron chi connectivity index (χ0n) is 11.7. The molecule has 0 aromatic carbocycles. The molecule has 8 nitrogen and oxygen atoms in total. The lowest BCUT2D eigenvalue weighted by atomic mass is 9.92. The summed E-state index contributed by atoms with van der Waals surface area (Å²) < 4.78 is 13.5. The van der Waals surface area contributed by atoms with E-state index in [2.05, 4.69) is 9.47 Å². The molecular weight excluding hydrogens is 400 g/mol. The van der Waals surface area contributed by atoms with Gasteiger partial charge in [0.25, 0.3) is 0 Å². The minimum atomic E-state index is -1.35. The molecule has 23 heavy (non-hydrogen) atoms. The van der Waals surface area contributed by atoms with Gasteiger partial charge in [0.15, 0.2) is 4.84 Å². The number of carbonyl (C=O) groups excluding carboxylic acids is 4. The van der Waals surface area contributed by atoms with E-state index in [4.69, 9.17) is 51.1 Å². The van der Waals surface area contributed by atoms with Crippen molar-refractivity contribution in [2.45, 2.75) is 28.9 Å². The molecule has 0 aromatic rings. The first kappa shape index (κ1) is 20.1. The fraction of sp³-hybridized carbons (Fsp3) is 0.636. The Morgan fingerprint density at radius 3 is 2.17 bits per heavy atom. The SMILES string of the molecule is COC(=O)C(=O)N1C(=O)[C@H](C(C)OC(=O)OC(Cl)C(Cl)Cl)[C@H]1Cl. The Morgan fingerprint density at radius 1 is 1.17 bits per heavy atom. The third-order valence-corrected chi connectivity index (χ3v) is 4.36. The van der Waals surface area contributed by atoms with Gasteiger partial charge in [0.2, 0.25) is 11.5 Å². The van der Waals surface area contributed by atoms with Crippen LogP contribution < -0.4 is 0 Å². The van der Waals surface area contributed by atoms with Gasteiger partial charge in [0.05, 0.1) is 7.11 Å². The fourth-order valence-electron chi connectivity index (χ4n) is 1.70. The van der Waals surface area contributed by atoms with Gasteiger partial charge in [-0.15, -0.1) is 0 Å². The molecule has 0 spiro atoms. The summed E-state index contributed by atoms with van der Waals surface area (Å²) in [7, 11) is 0.983. The van der Waals surface area contributed by atoms with E-state index >= 15 is 0 Å². The molecule has 1 saturated heterocycles. The zero-order valence-corrected chi connectivity index (χ0v) is 14.7. The molecule has 0 radical (unpaired) electrons. The Bertz CT molecular complexity index is 515. The number of likely N-dealkylation sites (tertiary alicyclic amines) is 1. The van der Waals surface area contributed by atoms with E-state index in [1.807, 2.05) is 0 Å². The number of nitrogens with zero attached hydrogens (tertiary/aromatic N) is 1. The van der Waals surface area contributed by atoms with Gasteiger partial charge in [-0.1, -0.05) is 46.4 Å². The first-order valence-electron chi connectivity index (χ1n) is 6.00. The van der Waals surface area contributed by atoms with Crippen LogP contribution in [0.2, 0.25) is 0 Å². The smallest absolute Gasteiger partial charge is 0.462 e. The Hall–Kier alpha value is -0.960. The van der Waals surface area contributed by atoms with Gasteiger partial charge in [-0.2, -0.15) is 0 Å². The second kappa shape index (κ2) is 8.23. The number of β-lactam (4-membered cyclic amide) rings is 1. The quantitative estimate of drug-likeness (QED) is 0.228. The van der Waals surface area contributed by atoms with Gasteiger partial charge in [-0.05, 0) is 6.92 Å². The van der Waals surface area contributed by atoms with E-state index in [1.165, 1.54) is 6.92 Å². The highest BCUT2D eigenvalue weighted by Gasteiger charge is 2.55. The maximum Gasteiger partial charge on any atom is 0.510 e. The third-order valence-electron chi connectivity index (χ3n) is 2.84. The molecule has 2 unspecified atom stereocenters. The molecule has 1 fully saturated rings. The second-order valence-electron chi connectivity index (χ2n) is 4.28. The molecule has 1 rings (SSSR count). The van der Waals surface area contributed by atoms with Crippen LogP contribution in [-0.2, 0) is 28.6 Å². The van der Waals surface area contributed by atoms with Crippen LogP contribution in [0.5, 0.6) is 0 Å². The summed E-state index contributed by atoms with van der Waals surface area (Å²) in [5.74, 6) is -4.29. The van der Waals surface area contributed by atoms with E-state index < -0.39 is 51.9 Å². The van der Waals surface area contributed by atoms with Crippen molar-refractivity contribution in [3.8, 4) is 0 Å². The van der Waals surface area contributed by atoms with Gasteiger partial charge in [0, 0.05) is 0 Å². The molecule has 0 bridgehead atoms. The summed E-state index contributed by atoms with van der Waals surface area (Å²) in [5.41, 5.74) is -2.53. The number of carbonyl (C=O) groups is 4. The van der Waals surface area contributed by atoms with Crippen LogP contribution in [0.1, 0.15) is 6.92 Å². The van der Waals surface area contributed by atoms with Crippen molar-refractivity contribution >= 4 is 70.3 Å². The summed E-state index contributed by atoms with van der Waals surface area (Å²) in [6.45, 7) is 1.35. The van der Waals surface area contributed by atoms with Crippen LogP contribution in [0.4, 0.5) is 4.79 Å². The highest BCUT2D eigenvalue weighted by Crippen LogP contribution is 2.34. The van der Waals surface area contributed by atoms with Gasteiger partial charge in [-0.25, -0.2) is 9.59 Å². The van der Waals surface area contributed by atoms with Crippen molar-refractivity contribution in [1.29, 1.82) is 0 Å². The van der Waals surface area contributed by atoms with Crippen LogP contribution in [0.15, 0.2) is 0 Å². The number of halogens is 4. The molecule has 1 heterocycles. The summed E-state index contributed by atoms with van der Waals surface area (Å²) in [6.07, 6.45) is -2.27. The lowest BCUT2D eigenvalue weighted by Gasteiger charge is -2.43. The number of hydrogen-bond donors (Lipinski definition) is 0. The number of ether oxygens (including phenoxy) is 3. The zero-order chi connectivity index (χ0) is 17.9. The maximum absolute atomic E-state index is 11.9. The standard InChI is InChI=1S/C11H11Cl4NO7/c1-3(22-11(20)23-7(15)5(12)13)4-6(14)16(8(4)17)9(18)10(19)21-2/h3-7H,1-2H3/t3?,4-,6+,7?/m1/s1. The normalized spacial score (nSPS) is 22.9. The van der Waals surface area contributed by atoms with E-state index in [-0.39, 0.29) is 0 Å². The minimum Gasteiger partial charge on any atom is -0.462 e. The van der Waals surface area contributed by atoms with E-state index in [9.17, 15) is 19.2 Å². The Kier molecular flexibility index (Phi) is 7.19. The number of alkyl halides is 4. The lowest BCUT2D eigenvalue weighted by Crippen LogP contribution is -2.65. The molecule has 12 heteroatoms. The Balaban J connectivity index is 2.61. The van der Waals surface area contributed by atoms with Gasteiger partial charge in [-0.3, -0.25) is 14.5 Å². The average Bonchev–Trinajstić information content (AvgIpc) is 2.45. The van der Waals surface area contributed by atoms with Crippen molar-refractivity contribution in [2.75, 3.05) is 7.11 Å². The van der Waals surface area contributed by atoms with Crippen molar-refractivity contribution in [2.24, 2.45) is 5.92 Å². The Labute approximate surface area is 150 Å². The minimum absolute atomic E-state index is 0.501. The summed E-state index contributed by atoms with van der Waals surface area (Å²) in [5, 5.41) is 0. The highest BCUT2D eigenvalue weighted by molar-refractivity contribution is 6.48. The van der Waals surface area contributed by atoms with Crippen LogP contribution in [0.25, 0.3) is 0 Å². The molecular formula is C11H11Cl4NO7. The molecule has 0 saturated carbocycles. The number of imide groups is 1. The van der Waals surface area contributed by atoms with Gasteiger partial charge >= 0.3 is 18.0 Å². The first-order valence-corrected chi connectivity index (χ1v) is 7.75. The predicted octanol–water partition coefficient (Wildman–Crippen LogP) is 1.62.